The van der Waals surface area contributed by atoms with E-state index in [1.165, 1.54) is 12.1 Å². The minimum Gasteiger partial charge on any atom is -1.00 e. The van der Waals surface area contributed by atoms with E-state index in [-0.39, 0.29) is 97.1 Å². The van der Waals surface area contributed by atoms with Crippen LogP contribution < -0.4 is 85.6 Å². The molecule has 0 aliphatic carbocycles. The molecule has 200 valence electrons. The Bertz CT molecular complexity index is 1420. The number of nitrogen functional groups attached to an aromatic ring is 1. The van der Waals surface area contributed by atoms with E-state index >= 15 is 0 Å². The van der Waals surface area contributed by atoms with E-state index in [1.807, 2.05) is 18.2 Å². The number of hydrogen-bond donors (Lipinski definition) is 2. The molecule has 4 aromatic rings. The van der Waals surface area contributed by atoms with Crippen LogP contribution >= 0.6 is 12.4 Å². The molecular weight excluding hydrogens is 617 g/mol. The molecule has 0 saturated carbocycles. The van der Waals surface area contributed by atoms with Gasteiger partial charge in [0.1, 0.15) is 17.1 Å². The first-order chi connectivity index (χ1) is 16.3. The van der Waals surface area contributed by atoms with Crippen LogP contribution in [0.1, 0.15) is 7.43 Å². The van der Waals surface area contributed by atoms with Crippen LogP contribution in [-0.2, 0) is 22.7 Å². The number of hydrogen-bond acceptors (Lipinski definition) is 10. The van der Waals surface area contributed by atoms with E-state index in [9.17, 15) is 13.0 Å². The van der Waals surface area contributed by atoms with Crippen LogP contribution in [0.4, 0.5) is 11.4 Å². The summed E-state index contributed by atoms with van der Waals surface area (Å²) >= 11 is -4.94. The molecule has 0 spiro atoms. The Balaban J connectivity index is -0.000000256. The summed E-state index contributed by atoms with van der Waals surface area (Å²) in [5.41, 5.74) is 6.74. The van der Waals surface area contributed by atoms with E-state index in [1.54, 1.807) is 42.5 Å². The summed E-state index contributed by atoms with van der Waals surface area (Å²) < 4.78 is 49.5. The maximum absolute atomic E-state index is 10.6. The molecule has 0 aliphatic heterocycles. The fourth-order valence-electron chi connectivity index (χ4n) is 2.93. The third-order valence-electron chi connectivity index (χ3n) is 4.21. The number of benzene rings is 4. The number of nitrogens with zero attached hydrogens (tertiary/aromatic N) is 3. The minimum atomic E-state index is -2.62. The molecular formula is C21H20Cl2N4Na2O8S2. The Hall–Kier alpha value is -1.58. The van der Waals surface area contributed by atoms with E-state index in [0.717, 1.165) is 16.1 Å². The van der Waals surface area contributed by atoms with Gasteiger partial charge in [0.05, 0.1) is 5.39 Å². The number of diazo groups is 1. The van der Waals surface area contributed by atoms with Crippen LogP contribution in [0.5, 0.6) is 11.5 Å². The largest absolute Gasteiger partial charge is 1.00 e. The molecule has 0 aromatic heterocycles. The Kier molecular flexibility index (Phi) is 26.4. The number of rotatable bonds is 4. The predicted molar refractivity (Wildman–Crippen MR) is 141 cm³/mol. The molecule has 2 atom stereocenters. The zero-order chi connectivity index (χ0) is 25.1. The molecule has 0 fully saturated rings. The Morgan fingerprint density at radius 1 is 0.846 bits per heavy atom. The van der Waals surface area contributed by atoms with Gasteiger partial charge >= 0.3 is 76.2 Å². The van der Waals surface area contributed by atoms with Gasteiger partial charge in [-0.2, -0.15) is 4.21 Å². The van der Waals surface area contributed by atoms with Crippen molar-refractivity contribution in [1.29, 1.82) is 5.39 Å². The van der Waals surface area contributed by atoms with Crippen LogP contribution in [-0.4, -0.2) is 17.5 Å². The summed E-state index contributed by atoms with van der Waals surface area (Å²) in [6.45, 7) is 0. The van der Waals surface area contributed by atoms with E-state index < -0.39 is 22.7 Å². The fraction of sp³-hybridized carbons (Fsp3) is 0.0476. The molecule has 0 bridgehead atoms. The van der Waals surface area contributed by atoms with Gasteiger partial charge in [-0.1, -0.05) is 49.9 Å². The maximum atomic E-state index is 10.6. The molecule has 3 N–H and O–H groups in total. The van der Waals surface area contributed by atoms with Crippen molar-refractivity contribution >= 4 is 68.0 Å². The van der Waals surface area contributed by atoms with Crippen LogP contribution in [0.25, 0.3) is 26.5 Å². The molecule has 4 rings (SSSR count). The molecule has 0 amide bonds. The minimum absolute atomic E-state index is 0. The predicted octanol–water partition coefficient (Wildman–Crippen LogP) is -3.24. The Morgan fingerprint density at radius 2 is 1.26 bits per heavy atom. The second-order valence-corrected chi connectivity index (χ2v) is 7.27. The second-order valence-electron chi connectivity index (χ2n) is 6.09. The summed E-state index contributed by atoms with van der Waals surface area (Å²) in [5.74, 6) is 0.553. The van der Waals surface area contributed by atoms with Crippen LogP contribution in [0.15, 0.2) is 78.1 Å². The smallest absolute Gasteiger partial charge is 1.00 e. The van der Waals surface area contributed by atoms with Crippen molar-refractivity contribution in [3.05, 3.63) is 87.9 Å². The molecule has 12 nitrogen and oxygen atoms in total. The summed E-state index contributed by atoms with van der Waals surface area (Å²) in [5, 5.41) is 20.5. The van der Waals surface area contributed by atoms with Gasteiger partial charge in [0.15, 0.2) is 10.7 Å². The molecule has 39 heavy (non-hydrogen) atoms. The summed E-state index contributed by atoms with van der Waals surface area (Å²) in [7, 11) is 0. The van der Waals surface area contributed by atoms with Gasteiger partial charge in [-0.3, -0.25) is 4.55 Å². The zero-order valence-electron chi connectivity index (χ0n) is 19.8. The Morgan fingerprint density at radius 3 is 1.72 bits per heavy atom. The first-order valence-electron chi connectivity index (χ1n) is 8.98. The van der Waals surface area contributed by atoms with E-state index in [2.05, 4.69) is 9.16 Å². The van der Waals surface area contributed by atoms with Crippen molar-refractivity contribution < 1.29 is 97.4 Å². The standard InChI is InChI=1S/C10H6N2O3S.C10H9NO3S.CH4.2ClH.HNO2.2Na/c11-12-9-5-6-10(15-16(13)14)8-4-2-1-3-7(8)9;11-9-5-6-10(14-15(12)13)8-4-2-1-3-7(8)9;;;;2-1-3;;/h1-6H;1-6H,11H2,(H,12,13);1H4;2*1H;(H,2,3);;/q;;;;;;2*+1/p-2. The topological polar surface area (TPSA) is 203 Å². The average molecular weight is 637 g/mol. The number of halogens is 2. The first-order valence-corrected chi connectivity index (χ1v) is 11.0. The molecule has 0 radical (unpaired) electrons. The van der Waals surface area contributed by atoms with Crippen molar-refractivity contribution in [3.63, 3.8) is 0 Å². The number of anilines is 1. The SMILES string of the molecule is C.Cl.N#[N+]c1ccc(OS(=O)[O-])c2ccccc12.Nc1ccc(OS(=O)O)c2ccccc12.O=N[O-].[Cl-].[Na+].[Na+]. The maximum Gasteiger partial charge on any atom is 1.00 e. The van der Waals surface area contributed by atoms with Crippen LogP contribution in [0.3, 0.4) is 0 Å². The van der Waals surface area contributed by atoms with Gasteiger partial charge in [-0.15, -0.1) is 17.7 Å². The second kappa shape index (κ2) is 23.2. The van der Waals surface area contributed by atoms with Gasteiger partial charge in [-0.05, 0) is 24.3 Å². The van der Waals surface area contributed by atoms with Gasteiger partial charge in [0, 0.05) is 27.9 Å². The molecule has 18 heteroatoms. The van der Waals surface area contributed by atoms with Gasteiger partial charge in [0.2, 0.25) is 5.39 Å². The summed E-state index contributed by atoms with van der Waals surface area (Å²) in [6.07, 6.45) is 0. The summed E-state index contributed by atoms with van der Waals surface area (Å²) in [6, 6.07) is 20.3. The van der Waals surface area contributed by atoms with Gasteiger partial charge in [-0.25, -0.2) is 4.21 Å². The number of nitrogens with two attached hydrogens (primary N) is 1. The Labute approximate surface area is 286 Å². The molecule has 2 unspecified atom stereocenters. The van der Waals surface area contributed by atoms with Crippen molar-refractivity contribution in [2.75, 3.05) is 5.73 Å². The van der Waals surface area contributed by atoms with Gasteiger partial charge < -0.3 is 41.2 Å². The van der Waals surface area contributed by atoms with Crippen molar-refractivity contribution in [2.24, 2.45) is 5.34 Å². The third kappa shape index (κ3) is 13.6. The average Bonchev–Trinajstić information content (AvgIpc) is 2.82. The zero-order valence-corrected chi connectivity index (χ0v) is 27.0. The monoisotopic (exact) mass is 636 g/mol. The van der Waals surface area contributed by atoms with Crippen molar-refractivity contribution in [3.8, 4) is 11.5 Å². The summed E-state index contributed by atoms with van der Waals surface area (Å²) in [4.78, 5) is 11.1. The first kappa shape index (κ1) is 44.4. The van der Waals surface area contributed by atoms with E-state index in [4.69, 9.17) is 30.0 Å². The van der Waals surface area contributed by atoms with Crippen LogP contribution in [0, 0.1) is 15.5 Å². The normalized spacial score (nSPS) is 10.1. The van der Waals surface area contributed by atoms with Gasteiger partial charge in [0.25, 0.3) is 0 Å². The fourth-order valence-corrected chi connectivity index (χ4v) is 3.52. The van der Waals surface area contributed by atoms with Crippen LogP contribution in [0.2, 0.25) is 0 Å². The van der Waals surface area contributed by atoms with Crippen molar-refractivity contribution in [2.45, 2.75) is 7.43 Å². The molecule has 0 aliphatic rings. The quantitative estimate of drug-likeness (QED) is 0.0572. The molecule has 4 aromatic carbocycles. The molecule has 0 saturated heterocycles. The van der Waals surface area contributed by atoms with E-state index in [0.29, 0.717) is 27.9 Å². The number of fused-ring (bicyclic) bond motifs is 2. The van der Waals surface area contributed by atoms with Crippen molar-refractivity contribution in [1.82, 2.24) is 0 Å². The molecule has 0 heterocycles. The third-order valence-corrected chi connectivity index (χ3v) is 4.84.